The molecule has 0 unspecified atom stereocenters. The Balaban J connectivity index is 2.02. The van der Waals surface area contributed by atoms with Crippen molar-refractivity contribution in [1.29, 1.82) is 5.26 Å². The van der Waals surface area contributed by atoms with Crippen molar-refractivity contribution in [1.82, 2.24) is 15.0 Å². The van der Waals surface area contributed by atoms with Crippen LogP contribution in [0, 0.1) is 11.3 Å². The molecule has 0 aromatic carbocycles. The Morgan fingerprint density at radius 3 is 2.64 bits per heavy atom. The van der Waals surface area contributed by atoms with Gasteiger partial charge in [-0.15, -0.1) is 22.7 Å². The Labute approximate surface area is 130 Å². The van der Waals surface area contributed by atoms with Crippen molar-refractivity contribution in [2.75, 3.05) is 0 Å². The van der Waals surface area contributed by atoms with Gasteiger partial charge >= 0.3 is 6.18 Å². The summed E-state index contributed by atoms with van der Waals surface area (Å²) in [4.78, 5) is 12.2. The summed E-state index contributed by atoms with van der Waals surface area (Å²) in [5.74, 6) is 0.105. The number of hydrogen-bond acceptors (Lipinski definition) is 6. The van der Waals surface area contributed by atoms with Gasteiger partial charge in [-0.05, 0) is 17.5 Å². The summed E-state index contributed by atoms with van der Waals surface area (Å²) in [7, 11) is 0. The van der Waals surface area contributed by atoms with Crippen molar-refractivity contribution < 1.29 is 13.2 Å². The summed E-state index contributed by atoms with van der Waals surface area (Å²) in [5, 5.41) is 11.8. The fourth-order valence-corrected chi connectivity index (χ4v) is 3.17. The molecule has 9 heteroatoms. The van der Waals surface area contributed by atoms with Crippen LogP contribution in [0.25, 0.3) is 22.1 Å². The number of nitrogens with zero attached hydrogens (tertiary/aromatic N) is 4. The van der Waals surface area contributed by atoms with Gasteiger partial charge in [0.15, 0.2) is 16.5 Å². The highest BCUT2D eigenvalue weighted by molar-refractivity contribution is 7.13. The minimum absolute atomic E-state index is 0.0860. The fourth-order valence-electron chi connectivity index (χ4n) is 1.72. The lowest BCUT2D eigenvalue weighted by Crippen LogP contribution is -2.05. The van der Waals surface area contributed by atoms with E-state index in [1.165, 1.54) is 17.5 Å². The number of aromatic nitrogens is 3. The van der Waals surface area contributed by atoms with Crippen molar-refractivity contribution >= 4 is 22.7 Å². The predicted octanol–water partition coefficient (Wildman–Crippen LogP) is 4.22. The summed E-state index contributed by atoms with van der Waals surface area (Å²) in [6, 6.07) is 5.39. The number of rotatable bonds is 2. The normalized spacial score (nSPS) is 11.4. The van der Waals surface area contributed by atoms with Gasteiger partial charge in [-0.2, -0.15) is 18.4 Å². The SMILES string of the molecule is N#Cc1sccc1-c1ccnc(-c2nc(C(F)(F)F)cs2)n1. The number of halogens is 3. The van der Waals surface area contributed by atoms with Crippen molar-refractivity contribution in [2.24, 2.45) is 0 Å². The third-order valence-electron chi connectivity index (χ3n) is 2.68. The molecule has 110 valence electrons. The van der Waals surface area contributed by atoms with Crippen LogP contribution in [-0.2, 0) is 6.18 Å². The van der Waals surface area contributed by atoms with Gasteiger partial charge in [0, 0.05) is 17.1 Å². The molecule has 0 saturated heterocycles. The molecule has 22 heavy (non-hydrogen) atoms. The van der Waals surface area contributed by atoms with Crippen LogP contribution >= 0.6 is 22.7 Å². The highest BCUT2D eigenvalue weighted by Crippen LogP contribution is 2.33. The van der Waals surface area contributed by atoms with Crippen molar-refractivity contribution in [2.45, 2.75) is 6.18 Å². The molecule has 4 nitrogen and oxygen atoms in total. The first-order valence-electron chi connectivity index (χ1n) is 5.83. The van der Waals surface area contributed by atoms with Gasteiger partial charge in [-0.3, -0.25) is 0 Å². The Bertz CT molecular complexity index is 861. The highest BCUT2D eigenvalue weighted by atomic mass is 32.1. The minimum atomic E-state index is -4.49. The van der Waals surface area contributed by atoms with Gasteiger partial charge in [0.25, 0.3) is 0 Å². The third-order valence-corrected chi connectivity index (χ3v) is 4.34. The fraction of sp³-hybridized carbons (Fsp3) is 0.0769. The van der Waals surface area contributed by atoms with Gasteiger partial charge in [-0.25, -0.2) is 15.0 Å². The Hall–Kier alpha value is -2.31. The topological polar surface area (TPSA) is 62.5 Å². The quantitative estimate of drug-likeness (QED) is 0.702. The molecular weight excluding hydrogens is 333 g/mol. The lowest BCUT2D eigenvalue weighted by molar-refractivity contribution is -0.140. The molecule has 0 aliphatic carbocycles. The maximum Gasteiger partial charge on any atom is 0.434 e. The minimum Gasteiger partial charge on any atom is -0.234 e. The molecule has 3 heterocycles. The molecular formula is C13H5F3N4S2. The third kappa shape index (κ3) is 2.70. The predicted molar refractivity (Wildman–Crippen MR) is 76.2 cm³/mol. The van der Waals surface area contributed by atoms with Crippen molar-refractivity contribution in [3.63, 3.8) is 0 Å². The molecule has 3 aromatic heterocycles. The Morgan fingerprint density at radius 2 is 1.95 bits per heavy atom. The maximum atomic E-state index is 12.6. The van der Waals surface area contributed by atoms with E-state index >= 15 is 0 Å². The Kier molecular flexibility index (Phi) is 3.64. The lowest BCUT2D eigenvalue weighted by Gasteiger charge is -2.01. The molecule has 0 fully saturated rings. The van der Waals surface area contributed by atoms with E-state index in [0.717, 1.165) is 16.7 Å². The first-order chi connectivity index (χ1) is 10.5. The second kappa shape index (κ2) is 5.47. The van der Waals surface area contributed by atoms with Crippen LogP contribution in [0.1, 0.15) is 10.6 Å². The summed E-state index contributed by atoms with van der Waals surface area (Å²) in [6.07, 6.45) is -3.06. The summed E-state index contributed by atoms with van der Waals surface area (Å²) in [5.41, 5.74) is 0.144. The van der Waals surface area contributed by atoms with Crippen LogP contribution in [0.5, 0.6) is 0 Å². The van der Waals surface area contributed by atoms with E-state index < -0.39 is 11.9 Å². The molecule has 0 aliphatic heterocycles. The smallest absolute Gasteiger partial charge is 0.234 e. The monoisotopic (exact) mass is 338 g/mol. The van der Waals surface area contributed by atoms with Gasteiger partial charge in [0.05, 0.1) is 5.69 Å². The van der Waals surface area contributed by atoms with E-state index in [1.54, 1.807) is 17.5 Å². The van der Waals surface area contributed by atoms with Crippen LogP contribution < -0.4 is 0 Å². The van der Waals surface area contributed by atoms with E-state index in [0.29, 0.717) is 16.1 Å². The molecule has 3 aromatic rings. The van der Waals surface area contributed by atoms with E-state index in [9.17, 15) is 13.2 Å². The van der Waals surface area contributed by atoms with E-state index in [4.69, 9.17) is 5.26 Å². The summed E-state index contributed by atoms with van der Waals surface area (Å²) >= 11 is 2.10. The molecule has 0 bridgehead atoms. The zero-order valence-corrected chi connectivity index (χ0v) is 12.3. The number of thiazole rings is 1. The average Bonchev–Trinajstić information content (AvgIpc) is 3.16. The molecule has 0 radical (unpaired) electrons. The van der Waals surface area contributed by atoms with Crippen LogP contribution in [0.3, 0.4) is 0 Å². The van der Waals surface area contributed by atoms with E-state index in [2.05, 4.69) is 21.0 Å². The van der Waals surface area contributed by atoms with Gasteiger partial charge in [0.2, 0.25) is 0 Å². The lowest BCUT2D eigenvalue weighted by atomic mass is 10.2. The number of alkyl halides is 3. The van der Waals surface area contributed by atoms with Crippen LogP contribution in [0.4, 0.5) is 13.2 Å². The molecule has 0 aliphatic rings. The molecule has 0 atom stereocenters. The zero-order chi connectivity index (χ0) is 15.7. The second-order valence-corrected chi connectivity index (χ2v) is 5.85. The molecule has 0 saturated carbocycles. The zero-order valence-electron chi connectivity index (χ0n) is 10.6. The molecule has 0 N–H and O–H groups in total. The largest absolute Gasteiger partial charge is 0.434 e. The first kappa shape index (κ1) is 14.6. The van der Waals surface area contributed by atoms with Crippen molar-refractivity contribution in [3.05, 3.63) is 39.7 Å². The number of nitriles is 1. The molecule has 0 spiro atoms. The van der Waals surface area contributed by atoms with E-state index in [-0.39, 0.29) is 10.8 Å². The summed E-state index contributed by atoms with van der Waals surface area (Å²) < 4.78 is 37.8. The standard InChI is InChI=1S/C13H5F3N4S2/c14-13(15,16)10-6-22-12(20-10)11-18-3-1-8(19-11)7-2-4-21-9(7)5-17/h1-4,6H. The first-order valence-corrected chi connectivity index (χ1v) is 7.59. The second-order valence-electron chi connectivity index (χ2n) is 4.08. The number of thiophene rings is 1. The average molecular weight is 338 g/mol. The van der Waals surface area contributed by atoms with Gasteiger partial charge < -0.3 is 0 Å². The molecule has 3 rings (SSSR count). The highest BCUT2D eigenvalue weighted by Gasteiger charge is 2.34. The van der Waals surface area contributed by atoms with E-state index in [1.807, 2.05) is 0 Å². The van der Waals surface area contributed by atoms with Crippen LogP contribution in [-0.4, -0.2) is 15.0 Å². The van der Waals surface area contributed by atoms with Gasteiger partial charge in [-0.1, -0.05) is 0 Å². The van der Waals surface area contributed by atoms with Crippen molar-refractivity contribution in [3.8, 4) is 28.2 Å². The molecule has 0 amide bonds. The summed E-state index contributed by atoms with van der Waals surface area (Å²) in [6.45, 7) is 0. The van der Waals surface area contributed by atoms with Crippen LogP contribution in [0.15, 0.2) is 29.1 Å². The van der Waals surface area contributed by atoms with Gasteiger partial charge in [0.1, 0.15) is 10.9 Å². The Morgan fingerprint density at radius 1 is 1.14 bits per heavy atom. The number of hydrogen-bond donors (Lipinski definition) is 0. The maximum absolute atomic E-state index is 12.6. The van der Waals surface area contributed by atoms with Crippen LogP contribution in [0.2, 0.25) is 0 Å².